The molecule has 1 atom stereocenters. The fourth-order valence-corrected chi connectivity index (χ4v) is 4.05. The summed E-state index contributed by atoms with van der Waals surface area (Å²) in [5.41, 5.74) is 0.789. The molecule has 0 aliphatic carbocycles. The fourth-order valence-electron chi connectivity index (χ4n) is 2.50. The lowest BCUT2D eigenvalue weighted by Gasteiger charge is -2.33. The molecule has 1 aromatic rings. The number of hydrogen-bond acceptors (Lipinski definition) is 3. The molecule has 1 aromatic carbocycles. The van der Waals surface area contributed by atoms with Crippen molar-refractivity contribution in [3.8, 4) is 6.07 Å². The second-order valence-corrected chi connectivity index (χ2v) is 7.17. The van der Waals surface area contributed by atoms with Gasteiger partial charge in [-0.05, 0) is 30.9 Å². The summed E-state index contributed by atoms with van der Waals surface area (Å²) in [6.45, 7) is 3.15. The molecule has 0 bridgehead atoms. The van der Waals surface area contributed by atoms with Gasteiger partial charge in [0.2, 0.25) is 0 Å². The summed E-state index contributed by atoms with van der Waals surface area (Å²) in [6.07, 6.45) is 1.94. The van der Waals surface area contributed by atoms with Crippen LogP contribution in [0.3, 0.4) is 0 Å². The Hall–Kier alpha value is -1.58. The van der Waals surface area contributed by atoms with Crippen LogP contribution in [0.5, 0.6) is 0 Å². The quantitative estimate of drug-likeness (QED) is 0.856. The highest BCUT2D eigenvalue weighted by atomic mass is 32.2. The predicted octanol–water partition coefficient (Wildman–Crippen LogP) is 1.97. The van der Waals surface area contributed by atoms with Gasteiger partial charge < -0.3 is 0 Å². The number of piperidine rings is 1. The summed E-state index contributed by atoms with van der Waals surface area (Å²) in [5, 5.41) is 9.10. The van der Waals surface area contributed by atoms with Gasteiger partial charge in [0.05, 0.1) is 11.3 Å². The van der Waals surface area contributed by atoms with Crippen molar-refractivity contribution in [2.24, 2.45) is 5.92 Å². The third kappa shape index (κ3) is 2.79. The maximum atomic E-state index is 12.6. The van der Waals surface area contributed by atoms with Crippen LogP contribution in [-0.2, 0) is 10.2 Å². The van der Waals surface area contributed by atoms with Gasteiger partial charge in [-0.15, -0.1) is 0 Å². The molecule has 108 valence electrons. The lowest BCUT2D eigenvalue weighted by molar-refractivity contribution is 0.281. The van der Waals surface area contributed by atoms with Crippen LogP contribution >= 0.6 is 0 Å². The van der Waals surface area contributed by atoms with E-state index in [9.17, 15) is 8.42 Å². The molecule has 0 amide bonds. The molecule has 5 nitrogen and oxygen atoms in total. The van der Waals surface area contributed by atoms with Crippen molar-refractivity contribution in [1.29, 1.82) is 5.26 Å². The standard InChI is InChI=1S/C14H19N3O2S/c1-12-6-5-9-17(11-12)20(18,19)16(2)14-8-4-3-7-13(14)10-15/h3-4,7-8,12H,5-6,9,11H2,1-2H3. The Kier molecular flexibility index (Phi) is 4.31. The van der Waals surface area contributed by atoms with Crippen molar-refractivity contribution in [2.45, 2.75) is 19.8 Å². The zero-order valence-electron chi connectivity index (χ0n) is 11.8. The van der Waals surface area contributed by atoms with Gasteiger partial charge >= 0.3 is 10.2 Å². The Morgan fingerprint density at radius 2 is 2.10 bits per heavy atom. The molecule has 2 rings (SSSR count). The predicted molar refractivity (Wildman–Crippen MR) is 78.5 cm³/mol. The Balaban J connectivity index is 2.32. The number of rotatable bonds is 3. The van der Waals surface area contributed by atoms with E-state index in [1.807, 2.05) is 6.07 Å². The van der Waals surface area contributed by atoms with Gasteiger partial charge in [0.15, 0.2) is 0 Å². The van der Waals surface area contributed by atoms with Crippen molar-refractivity contribution in [1.82, 2.24) is 4.31 Å². The minimum Gasteiger partial charge on any atom is -0.259 e. The summed E-state index contributed by atoms with van der Waals surface area (Å²) in [7, 11) is -2.06. The second kappa shape index (κ2) is 5.81. The molecule has 0 radical (unpaired) electrons. The first-order valence-corrected chi connectivity index (χ1v) is 8.09. The first-order valence-electron chi connectivity index (χ1n) is 6.70. The zero-order valence-corrected chi connectivity index (χ0v) is 12.6. The molecule has 0 spiro atoms. The molecule has 1 aliphatic heterocycles. The van der Waals surface area contributed by atoms with Gasteiger partial charge in [-0.1, -0.05) is 19.1 Å². The average molecular weight is 293 g/mol. The third-order valence-electron chi connectivity index (χ3n) is 3.66. The SMILES string of the molecule is CC1CCCN(S(=O)(=O)N(C)c2ccccc2C#N)C1. The molecule has 20 heavy (non-hydrogen) atoms. The van der Waals surface area contributed by atoms with Crippen LogP contribution in [0.1, 0.15) is 25.3 Å². The van der Waals surface area contributed by atoms with Crippen molar-refractivity contribution in [2.75, 3.05) is 24.4 Å². The van der Waals surface area contributed by atoms with Crippen LogP contribution in [0, 0.1) is 17.2 Å². The molecule has 1 unspecified atom stereocenters. The Labute approximate surface area is 120 Å². The van der Waals surface area contributed by atoms with Crippen LogP contribution in [0.4, 0.5) is 5.69 Å². The van der Waals surface area contributed by atoms with Gasteiger partial charge in [0, 0.05) is 20.1 Å². The monoisotopic (exact) mass is 293 g/mol. The van der Waals surface area contributed by atoms with Gasteiger partial charge in [-0.2, -0.15) is 18.0 Å². The van der Waals surface area contributed by atoms with Crippen molar-refractivity contribution < 1.29 is 8.42 Å². The number of anilines is 1. The number of para-hydroxylation sites is 1. The van der Waals surface area contributed by atoms with Gasteiger partial charge in [-0.3, -0.25) is 4.31 Å². The first kappa shape index (κ1) is 14.8. The Bertz CT molecular complexity index is 622. The molecule has 1 fully saturated rings. The maximum absolute atomic E-state index is 12.6. The van der Waals surface area contributed by atoms with E-state index in [2.05, 4.69) is 6.92 Å². The van der Waals surface area contributed by atoms with Crippen LogP contribution < -0.4 is 4.31 Å². The van der Waals surface area contributed by atoms with Gasteiger partial charge in [0.25, 0.3) is 0 Å². The fraction of sp³-hybridized carbons (Fsp3) is 0.500. The molecule has 1 aliphatic rings. The lowest BCUT2D eigenvalue weighted by Crippen LogP contribution is -2.46. The maximum Gasteiger partial charge on any atom is 0.303 e. The summed E-state index contributed by atoms with van der Waals surface area (Å²) in [4.78, 5) is 0. The van der Waals surface area contributed by atoms with E-state index in [4.69, 9.17) is 5.26 Å². The highest BCUT2D eigenvalue weighted by molar-refractivity contribution is 7.90. The van der Waals surface area contributed by atoms with E-state index in [0.717, 1.165) is 12.8 Å². The largest absolute Gasteiger partial charge is 0.303 e. The van der Waals surface area contributed by atoms with Crippen LogP contribution in [-0.4, -0.2) is 32.9 Å². The summed E-state index contributed by atoms with van der Waals surface area (Å²) in [5.74, 6) is 0.373. The van der Waals surface area contributed by atoms with Gasteiger partial charge in [-0.25, -0.2) is 0 Å². The molecule has 1 saturated heterocycles. The number of benzene rings is 1. The van der Waals surface area contributed by atoms with Crippen molar-refractivity contribution in [3.05, 3.63) is 29.8 Å². The van der Waals surface area contributed by atoms with Crippen molar-refractivity contribution in [3.63, 3.8) is 0 Å². The smallest absolute Gasteiger partial charge is 0.259 e. The van der Waals surface area contributed by atoms with E-state index >= 15 is 0 Å². The van der Waals surface area contributed by atoms with Crippen LogP contribution in [0.15, 0.2) is 24.3 Å². The van der Waals surface area contributed by atoms with E-state index in [-0.39, 0.29) is 0 Å². The minimum atomic E-state index is -3.57. The van der Waals surface area contributed by atoms with E-state index < -0.39 is 10.2 Å². The summed E-state index contributed by atoms with van der Waals surface area (Å²) >= 11 is 0. The summed E-state index contributed by atoms with van der Waals surface area (Å²) < 4.78 is 28.0. The Morgan fingerprint density at radius 3 is 2.75 bits per heavy atom. The lowest BCUT2D eigenvalue weighted by atomic mass is 10.0. The number of hydrogen-bond donors (Lipinski definition) is 0. The molecule has 0 saturated carbocycles. The van der Waals surface area contributed by atoms with E-state index in [0.29, 0.717) is 30.3 Å². The number of nitriles is 1. The van der Waals surface area contributed by atoms with Crippen LogP contribution in [0.2, 0.25) is 0 Å². The molecule has 6 heteroatoms. The van der Waals surface area contributed by atoms with Crippen molar-refractivity contribution >= 4 is 15.9 Å². The van der Waals surface area contributed by atoms with Crippen LogP contribution in [0.25, 0.3) is 0 Å². The normalized spacial score (nSPS) is 20.4. The molecular formula is C14H19N3O2S. The van der Waals surface area contributed by atoms with E-state index in [1.165, 1.54) is 15.7 Å². The average Bonchev–Trinajstić information content (AvgIpc) is 2.46. The van der Waals surface area contributed by atoms with E-state index in [1.54, 1.807) is 24.3 Å². The zero-order chi connectivity index (χ0) is 14.8. The Morgan fingerprint density at radius 1 is 1.40 bits per heavy atom. The molecular weight excluding hydrogens is 274 g/mol. The third-order valence-corrected chi connectivity index (χ3v) is 5.53. The summed E-state index contributed by atoms with van der Waals surface area (Å²) in [6, 6.07) is 8.78. The minimum absolute atomic E-state index is 0.364. The van der Waals surface area contributed by atoms with Gasteiger partial charge in [0.1, 0.15) is 6.07 Å². The molecule has 0 aromatic heterocycles. The molecule has 0 N–H and O–H groups in total. The highest BCUT2D eigenvalue weighted by Gasteiger charge is 2.31. The topological polar surface area (TPSA) is 64.4 Å². The second-order valence-electron chi connectivity index (χ2n) is 5.21. The molecule has 1 heterocycles. The highest BCUT2D eigenvalue weighted by Crippen LogP contribution is 2.25. The first-order chi connectivity index (χ1) is 9.46. The number of nitrogens with zero attached hydrogens (tertiary/aromatic N) is 3.